The van der Waals surface area contributed by atoms with Crippen LogP contribution < -0.4 is 10.6 Å². The van der Waals surface area contributed by atoms with E-state index in [0.717, 1.165) is 5.56 Å². The van der Waals surface area contributed by atoms with E-state index in [4.69, 9.17) is 0 Å². The number of nitro groups is 1. The molecule has 0 aliphatic rings. The van der Waals surface area contributed by atoms with Crippen LogP contribution in [0.4, 0.5) is 11.4 Å². The van der Waals surface area contributed by atoms with Crippen molar-refractivity contribution in [3.63, 3.8) is 0 Å². The minimum atomic E-state index is -0.561. The van der Waals surface area contributed by atoms with E-state index in [1.54, 1.807) is 25.2 Å². The third-order valence-electron chi connectivity index (χ3n) is 2.98. The van der Waals surface area contributed by atoms with Gasteiger partial charge < -0.3 is 10.6 Å². The lowest BCUT2D eigenvalue weighted by molar-refractivity contribution is -0.385. The molecule has 108 valence electrons. The number of hydrogen-bond acceptors (Lipinski definition) is 4. The first kappa shape index (κ1) is 14.7. The molecule has 2 rings (SSSR count). The highest BCUT2D eigenvalue weighted by molar-refractivity contribution is 6.07. The number of anilines is 1. The number of benzene rings is 2. The van der Waals surface area contributed by atoms with Crippen LogP contribution in [-0.4, -0.2) is 17.9 Å². The SMILES string of the molecule is CNCc1ccccc1NC(=O)c1ccccc1[N+](=O)[O-]. The van der Waals surface area contributed by atoms with E-state index < -0.39 is 10.8 Å². The first-order valence-electron chi connectivity index (χ1n) is 6.40. The van der Waals surface area contributed by atoms with Crippen LogP contribution in [-0.2, 0) is 6.54 Å². The summed E-state index contributed by atoms with van der Waals surface area (Å²) in [6.45, 7) is 0.591. The van der Waals surface area contributed by atoms with Crippen molar-refractivity contribution in [2.24, 2.45) is 0 Å². The van der Waals surface area contributed by atoms with Gasteiger partial charge in [0, 0.05) is 18.3 Å². The molecule has 0 heterocycles. The third kappa shape index (κ3) is 3.43. The molecule has 2 aromatic carbocycles. The monoisotopic (exact) mass is 285 g/mol. The zero-order chi connectivity index (χ0) is 15.2. The standard InChI is InChI=1S/C15H15N3O3/c1-16-10-11-6-2-4-8-13(11)17-15(19)12-7-3-5-9-14(12)18(20)21/h2-9,16H,10H2,1H3,(H,17,19). The molecule has 0 saturated carbocycles. The fourth-order valence-electron chi connectivity index (χ4n) is 2.00. The Kier molecular flexibility index (Phi) is 4.63. The Bertz CT molecular complexity index is 671. The Balaban J connectivity index is 2.29. The lowest BCUT2D eigenvalue weighted by Gasteiger charge is -2.10. The summed E-state index contributed by atoms with van der Waals surface area (Å²) in [5.74, 6) is -0.495. The highest BCUT2D eigenvalue weighted by Crippen LogP contribution is 2.21. The van der Waals surface area contributed by atoms with Gasteiger partial charge in [-0.3, -0.25) is 14.9 Å². The molecule has 0 aliphatic heterocycles. The molecule has 0 saturated heterocycles. The van der Waals surface area contributed by atoms with Crippen LogP contribution in [0.15, 0.2) is 48.5 Å². The lowest BCUT2D eigenvalue weighted by atomic mass is 10.1. The fourth-order valence-corrected chi connectivity index (χ4v) is 2.00. The number of carbonyl (C=O) groups is 1. The maximum Gasteiger partial charge on any atom is 0.282 e. The van der Waals surface area contributed by atoms with Gasteiger partial charge in [-0.05, 0) is 24.7 Å². The van der Waals surface area contributed by atoms with E-state index in [9.17, 15) is 14.9 Å². The van der Waals surface area contributed by atoms with Crippen molar-refractivity contribution >= 4 is 17.3 Å². The van der Waals surface area contributed by atoms with Crippen LogP contribution >= 0.6 is 0 Å². The molecule has 1 amide bonds. The summed E-state index contributed by atoms with van der Waals surface area (Å²) < 4.78 is 0. The number of nitro benzene ring substituents is 1. The first-order valence-corrected chi connectivity index (χ1v) is 6.40. The van der Waals surface area contributed by atoms with Gasteiger partial charge >= 0.3 is 0 Å². The van der Waals surface area contributed by atoms with Gasteiger partial charge in [-0.2, -0.15) is 0 Å². The Morgan fingerprint density at radius 3 is 2.52 bits per heavy atom. The zero-order valence-corrected chi connectivity index (χ0v) is 11.5. The number of hydrogen-bond donors (Lipinski definition) is 2. The van der Waals surface area contributed by atoms with Crippen molar-refractivity contribution < 1.29 is 9.72 Å². The number of rotatable bonds is 5. The van der Waals surface area contributed by atoms with Gasteiger partial charge in [0.25, 0.3) is 11.6 Å². The largest absolute Gasteiger partial charge is 0.321 e. The second-order valence-electron chi connectivity index (χ2n) is 4.42. The number of amides is 1. The van der Waals surface area contributed by atoms with Gasteiger partial charge in [-0.1, -0.05) is 30.3 Å². The lowest BCUT2D eigenvalue weighted by Crippen LogP contribution is -2.16. The van der Waals surface area contributed by atoms with Gasteiger partial charge in [-0.15, -0.1) is 0 Å². The van der Waals surface area contributed by atoms with E-state index in [-0.39, 0.29) is 11.3 Å². The number of nitrogens with one attached hydrogen (secondary N) is 2. The molecule has 0 radical (unpaired) electrons. The second-order valence-corrected chi connectivity index (χ2v) is 4.42. The van der Waals surface area contributed by atoms with Crippen LogP contribution in [0.1, 0.15) is 15.9 Å². The quantitative estimate of drug-likeness (QED) is 0.653. The Morgan fingerprint density at radius 2 is 1.81 bits per heavy atom. The summed E-state index contributed by atoms with van der Waals surface area (Å²) in [6, 6.07) is 13.2. The molecule has 2 N–H and O–H groups in total. The van der Waals surface area contributed by atoms with Gasteiger partial charge in [0.05, 0.1) is 4.92 Å². The smallest absolute Gasteiger partial charge is 0.282 e. The van der Waals surface area contributed by atoms with Crippen LogP contribution in [0.25, 0.3) is 0 Å². The number of nitrogens with zero attached hydrogens (tertiary/aromatic N) is 1. The van der Waals surface area contributed by atoms with Gasteiger partial charge in [0.2, 0.25) is 0 Å². The molecule has 0 unspecified atom stereocenters. The van der Waals surface area contributed by atoms with Gasteiger partial charge in [0.15, 0.2) is 0 Å². The van der Waals surface area contributed by atoms with Crippen LogP contribution in [0.5, 0.6) is 0 Å². The van der Waals surface area contributed by atoms with E-state index >= 15 is 0 Å². The van der Waals surface area contributed by atoms with E-state index in [2.05, 4.69) is 10.6 Å². The molecule has 0 aliphatic carbocycles. The summed E-state index contributed by atoms with van der Waals surface area (Å²) in [4.78, 5) is 22.7. The maximum atomic E-state index is 12.3. The topological polar surface area (TPSA) is 84.3 Å². The van der Waals surface area contributed by atoms with E-state index in [0.29, 0.717) is 12.2 Å². The maximum absolute atomic E-state index is 12.3. The van der Waals surface area contributed by atoms with Crippen molar-refractivity contribution in [1.82, 2.24) is 5.32 Å². The van der Waals surface area contributed by atoms with Crippen molar-refractivity contribution in [2.75, 3.05) is 12.4 Å². The first-order chi connectivity index (χ1) is 10.1. The number of carbonyl (C=O) groups excluding carboxylic acids is 1. The molecule has 6 heteroatoms. The number of para-hydroxylation sites is 2. The Morgan fingerprint density at radius 1 is 1.14 bits per heavy atom. The van der Waals surface area contributed by atoms with Crippen LogP contribution in [0.3, 0.4) is 0 Å². The molecule has 0 fully saturated rings. The average Bonchev–Trinajstić information content (AvgIpc) is 2.49. The summed E-state index contributed by atoms with van der Waals surface area (Å²) in [5, 5.41) is 16.7. The summed E-state index contributed by atoms with van der Waals surface area (Å²) in [6.07, 6.45) is 0. The summed E-state index contributed by atoms with van der Waals surface area (Å²) in [7, 11) is 1.81. The molecule has 0 aromatic heterocycles. The molecular weight excluding hydrogens is 270 g/mol. The highest BCUT2D eigenvalue weighted by Gasteiger charge is 2.19. The molecule has 21 heavy (non-hydrogen) atoms. The second kappa shape index (κ2) is 6.62. The minimum absolute atomic E-state index is 0.0433. The molecular formula is C15H15N3O3. The zero-order valence-electron chi connectivity index (χ0n) is 11.5. The minimum Gasteiger partial charge on any atom is -0.321 e. The molecule has 2 aromatic rings. The normalized spacial score (nSPS) is 10.1. The molecule has 0 bridgehead atoms. The molecule has 0 atom stereocenters. The summed E-state index contributed by atoms with van der Waals surface area (Å²) in [5.41, 5.74) is 1.38. The van der Waals surface area contributed by atoms with Crippen molar-refractivity contribution in [1.29, 1.82) is 0 Å². The Labute approximate surface area is 121 Å². The van der Waals surface area contributed by atoms with Crippen molar-refractivity contribution in [2.45, 2.75) is 6.54 Å². The van der Waals surface area contributed by atoms with Crippen LogP contribution in [0.2, 0.25) is 0 Å². The van der Waals surface area contributed by atoms with E-state index in [1.165, 1.54) is 18.2 Å². The predicted octanol–water partition coefficient (Wildman–Crippen LogP) is 2.57. The predicted molar refractivity (Wildman–Crippen MR) is 80.3 cm³/mol. The molecule has 0 spiro atoms. The van der Waals surface area contributed by atoms with Gasteiger partial charge in [0.1, 0.15) is 5.56 Å². The average molecular weight is 285 g/mol. The fraction of sp³-hybridized carbons (Fsp3) is 0.133. The summed E-state index contributed by atoms with van der Waals surface area (Å²) >= 11 is 0. The highest BCUT2D eigenvalue weighted by atomic mass is 16.6. The third-order valence-corrected chi connectivity index (χ3v) is 2.98. The van der Waals surface area contributed by atoms with Crippen LogP contribution in [0, 0.1) is 10.1 Å². The van der Waals surface area contributed by atoms with Crippen molar-refractivity contribution in [3.05, 3.63) is 69.8 Å². The molecule has 6 nitrogen and oxygen atoms in total. The van der Waals surface area contributed by atoms with Gasteiger partial charge in [-0.25, -0.2) is 0 Å². The van der Waals surface area contributed by atoms with E-state index in [1.807, 2.05) is 12.1 Å². The van der Waals surface area contributed by atoms with Crippen molar-refractivity contribution in [3.8, 4) is 0 Å². The Hall–Kier alpha value is -2.73.